The highest BCUT2D eigenvalue weighted by Crippen LogP contribution is 2.30. The smallest absolute Gasteiger partial charge is 0.133 e. The van der Waals surface area contributed by atoms with Gasteiger partial charge in [0.25, 0.3) is 0 Å². The number of rotatable bonds is 3. The van der Waals surface area contributed by atoms with E-state index < -0.39 is 0 Å². The number of fused-ring (bicyclic) bond motifs is 1. The van der Waals surface area contributed by atoms with Crippen molar-refractivity contribution in [3.8, 4) is 5.75 Å². The minimum atomic E-state index is 0.203. The lowest BCUT2D eigenvalue weighted by molar-refractivity contribution is 0.301. The summed E-state index contributed by atoms with van der Waals surface area (Å²) in [6.45, 7) is 4.61. The first-order valence-electron chi connectivity index (χ1n) is 6.65. The van der Waals surface area contributed by atoms with E-state index in [9.17, 15) is 0 Å². The quantitative estimate of drug-likeness (QED) is 0.866. The summed E-state index contributed by atoms with van der Waals surface area (Å²) in [6.07, 6.45) is 1.88. The van der Waals surface area contributed by atoms with Gasteiger partial charge in [0.1, 0.15) is 23.4 Å². The Morgan fingerprint density at radius 3 is 2.70 bits per heavy atom. The van der Waals surface area contributed by atoms with Crippen LogP contribution in [0.15, 0.2) is 41.6 Å². The van der Waals surface area contributed by atoms with Crippen LogP contribution in [-0.2, 0) is 6.61 Å². The summed E-state index contributed by atoms with van der Waals surface area (Å²) in [4.78, 5) is 4.60. The molecule has 0 saturated carbocycles. The van der Waals surface area contributed by atoms with E-state index in [1.54, 1.807) is 4.68 Å². The third-order valence-corrected chi connectivity index (χ3v) is 4.05. The molecule has 0 N–H and O–H groups in total. The van der Waals surface area contributed by atoms with E-state index in [0.29, 0.717) is 11.8 Å². The molecule has 0 spiro atoms. The van der Waals surface area contributed by atoms with Gasteiger partial charge in [0, 0.05) is 11.8 Å². The van der Waals surface area contributed by atoms with Crippen LogP contribution < -0.4 is 4.74 Å². The second kappa shape index (κ2) is 5.29. The maximum atomic E-state index is 6.14. The summed E-state index contributed by atoms with van der Waals surface area (Å²) in [7, 11) is 0. The molecule has 2 aromatic rings. The fourth-order valence-corrected chi connectivity index (χ4v) is 2.46. The molecule has 1 aromatic carbocycles. The summed E-state index contributed by atoms with van der Waals surface area (Å²) in [5.41, 5.74) is 0.859. The lowest BCUT2D eigenvalue weighted by Gasteiger charge is -2.22. The summed E-state index contributed by atoms with van der Waals surface area (Å²) >= 11 is 6.14. The Morgan fingerprint density at radius 1 is 1.20 bits per heavy atom. The average molecular weight is 290 g/mol. The highest BCUT2D eigenvalue weighted by molar-refractivity contribution is 6.66. The van der Waals surface area contributed by atoms with Gasteiger partial charge >= 0.3 is 0 Å². The predicted octanol–water partition coefficient (Wildman–Crippen LogP) is 3.62. The SMILES string of the molecule is CC1C(Cl)=Nn2cc(COc3ccccc3)nc2C1C. The van der Waals surface area contributed by atoms with Crippen LogP contribution in [0, 0.1) is 5.92 Å². The molecule has 104 valence electrons. The van der Waals surface area contributed by atoms with Crippen molar-refractivity contribution in [1.82, 2.24) is 9.66 Å². The van der Waals surface area contributed by atoms with Crippen molar-refractivity contribution in [3.05, 3.63) is 48.0 Å². The van der Waals surface area contributed by atoms with Gasteiger partial charge in [0.2, 0.25) is 0 Å². The van der Waals surface area contributed by atoms with Crippen LogP contribution in [-0.4, -0.2) is 14.8 Å². The van der Waals surface area contributed by atoms with Crippen molar-refractivity contribution >= 4 is 16.8 Å². The molecule has 0 saturated heterocycles. The molecule has 0 fully saturated rings. The standard InChI is InChI=1S/C15H16ClN3O/c1-10-11(2)15-17-12(8-19(15)18-14(10)16)9-20-13-6-4-3-5-7-13/h3-8,10-11H,9H2,1-2H3. The third-order valence-electron chi connectivity index (χ3n) is 3.63. The third kappa shape index (κ3) is 2.43. The molecule has 2 atom stereocenters. The van der Waals surface area contributed by atoms with Crippen LogP contribution >= 0.6 is 11.6 Å². The van der Waals surface area contributed by atoms with Crippen molar-refractivity contribution < 1.29 is 4.74 Å². The Balaban J connectivity index is 1.78. The Bertz CT molecular complexity index is 636. The van der Waals surface area contributed by atoms with E-state index in [0.717, 1.165) is 17.3 Å². The number of halogens is 1. The van der Waals surface area contributed by atoms with Gasteiger partial charge in [-0.25, -0.2) is 9.66 Å². The summed E-state index contributed by atoms with van der Waals surface area (Å²) < 4.78 is 7.46. The number of ether oxygens (including phenoxy) is 1. The molecule has 1 aliphatic rings. The highest BCUT2D eigenvalue weighted by Gasteiger charge is 2.28. The zero-order valence-electron chi connectivity index (χ0n) is 11.5. The van der Waals surface area contributed by atoms with E-state index >= 15 is 0 Å². The highest BCUT2D eigenvalue weighted by atomic mass is 35.5. The number of hydrogen-bond donors (Lipinski definition) is 0. The van der Waals surface area contributed by atoms with Gasteiger partial charge in [-0.15, -0.1) is 0 Å². The van der Waals surface area contributed by atoms with E-state index in [1.807, 2.05) is 36.5 Å². The fourth-order valence-electron chi connectivity index (χ4n) is 2.19. The number of nitrogens with zero attached hydrogens (tertiary/aromatic N) is 3. The minimum Gasteiger partial charge on any atom is -0.487 e. The monoisotopic (exact) mass is 289 g/mol. The number of para-hydroxylation sites is 1. The summed E-state index contributed by atoms with van der Waals surface area (Å²) in [6, 6.07) is 9.70. The maximum absolute atomic E-state index is 6.14. The summed E-state index contributed by atoms with van der Waals surface area (Å²) in [5.74, 6) is 2.23. The maximum Gasteiger partial charge on any atom is 0.133 e. The topological polar surface area (TPSA) is 39.4 Å². The first-order chi connectivity index (χ1) is 9.65. The van der Waals surface area contributed by atoms with Crippen LogP contribution in [0.1, 0.15) is 31.3 Å². The van der Waals surface area contributed by atoms with Crippen LogP contribution in [0.5, 0.6) is 5.75 Å². The molecule has 2 unspecified atom stereocenters. The Labute approximate surface area is 123 Å². The predicted molar refractivity (Wildman–Crippen MR) is 79.3 cm³/mol. The zero-order valence-corrected chi connectivity index (χ0v) is 12.2. The zero-order chi connectivity index (χ0) is 14.1. The molecule has 4 nitrogen and oxygen atoms in total. The van der Waals surface area contributed by atoms with Crippen molar-refractivity contribution in [2.45, 2.75) is 26.4 Å². The lowest BCUT2D eigenvalue weighted by atomic mass is 9.95. The second-order valence-electron chi connectivity index (χ2n) is 5.04. The number of hydrogen-bond acceptors (Lipinski definition) is 3. The van der Waals surface area contributed by atoms with Crippen LogP contribution in [0.4, 0.5) is 0 Å². The molecule has 20 heavy (non-hydrogen) atoms. The molecule has 0 aliphatic carbocycles. The van der Waals surface area contributed by atoms with Gasteiger partial charge in [-0.2, -0.15) is 5.10 Å². The first-order valence-corrected chi connectivity index (χ1v) is 7.03. The first kappa shape index (κ1) is 13.2. The minimum absolute atomic E-state index is 0.203. The lowest BCUT2D eigenvalue weighted by Crippen LogP contribution is -2.22. The Morgan fingerprint density at radius 2 is 1.95 bits per heavy atom. The van der Waals surface area contributed by atoms with Crippen molar-refractivity contribution in [2.24, 2.45) is 11.0 Å². The van der Waals surface area contributed by atoms with Gasteiger partial charge in [0.05, 0.1) is 11.9 Å². The van der Waals surface area contributed by atoms with Gasteiger partial charge in [0.15, 0.2) is 0 Å². The molecular formula is C15H16ClN3O. The van der Waals surface area contributed by atoms with E-state index in [4.69, 9.17) is 16.3 Å². The van der Waals surface area contributed by atoms with Crippen molar-refractivity contribution in [1.29, 1.82) is 0 Å². The molecule has 0 amide bonds. The average Bonchev–Trinajstić information content (AvgIpc) is 2.87. The molecule has 2 heterocycles. The molecule has 5 heteroatoms. The summed E-state index contributed by atoms with van der Waals surface area (Å²) in [5, 5.41) is 4.96. The largest absolute Gasteiger partial charge is 0.487 e. The number of imidazole rings is 1. The van der Waals surface area contributed by atoms with Crippen LogP contribution in [0.2, 0.25) is 0 Å². The number of benzene rings is 1. The van der Waals surface area contributed by atoms with Crippen LogP contribution in [0.25, 0.3) is 0 Å². The molecular weight excluding hydrogens is 274 g/mol. The normalized spacial score (nSPS) is 21.2. The van der Waals surface area contributed by atoms with E-state index in [-0.39, 0.29) is 11.8 Å². The van der Waals surface area contributed by atoms with Crippen molar-refractivity contribution in [3.63, 3.8) is 0 Å². The van der Waals surface area contributed by atoms with Gasteiger partial charge in [-0.1, -0.05) is 43.6 Å². The van der Waals surface area contributed by atoms with Gasteiger partial charge in [-0.05, 0) is 12.1 Å². The molecule has 0 radical (unpaired) electrons. The second-order valence-corrected chi connectivity index (χ2v) is 5.42. The Kier molecular flexibility index (Phi) is 3.49. The van der Waals surface area contributed by atoms with Gasteiger partial charge < -0.3 is 4.74 Å². The molecule has 1 aliphatic heterocycles. The molecule has 3 rings (SSSR count). The van der Waals surface area contributed by atoms with E-state index in [1.165, 1.54) is 0 Å². The molecule has 1 aromatic heterocycles. The van der Waals surface area contributed by atoms with E-state index in [2.05, 4.69) is 23.9 Å². The fraction of sp³-hybridized carbons (Fsp3) is 0.333. The molecule has 0 bridgehead atoms. The number of aromatic nitrogens is 2. The Hall–Kier alpha value is -1.81. The van der Waals surface area contributed by atoms with Crippen LogP contribution in [0.3, 0.4) is 0 Å². The van der Waals surface area contributed by atoms with Gasteiger partial charge in [-0.3, -0.25) is 0 Å². The van der Waals surface area contributed by atoms with Crippen molar-refractivity contribution in [2.75, 3.05) is 0 Å².